The van der Waals surface area contributed by atoms with Crippen LogP contribution < -0.4 is 24.8 Å². The number of benzene rings is 1. The Bertz CT molecular complexity index is 547. The van der Waals surface area contributed by atoms with Crippen LogP contribution >= 0.6 is 24.0 Å². The summed E-state index contributed by atoms with van der Waals surface area (Å²) in [7, 11) is 4.82. The van der Waals surface area contributed by atoms with Crippen LogP contribution in [0.4, 0.5) is 0 Å². The van der Waals surface area contributed by atoms with Gasteiger partial charge in [0.2, 0.25) is 5.75 Å². The molecule has 2 N–H and O–H groups in total. The minimum absolute atomic E-state index is 0. The molecule has 150 valence electrons. The summed E-state index contributed by atoms with van der Waals surface area (Å²) in [6, 6.07) is 3.84. The van der Waals surface area contributed by atoms with Gasteiger partial charge in [0, 0.05) is 13.1 Å². The van der Waals surface area contributed by atoms with Gasteiger partial charge in [-0.05, 0) is 36.5 Å². The Morgan fingerprint density at radius 1 is 1.00 bits per heavy atom. The van der Waals surface area contributed by atoms with Crippen molar-refractivity contribution in [1.29, 1.82) is 0 Å². The monoisotopic (exact) mass is 479 g/mol. The zero-order chi connectivity index (χ0) is 18.9. The highest BCUT2D eigenvalue weighted by Crippen LogP contribution is 2.38. The predicted molar refractivity (Wildman–Crippen MR) is 118 cm³/mol. The second-order valence-electron chi connectivity index (χ2n) is 6.97. The molecule has 0 saturated carbocycles. The van der Waals surface area contributed by atoms with Gasteiger partial charge in [-0.15, -0.1) is 24.0 Å². The summed E-state index contributed by atoms with van der Waals surface area (Å²) < 4.78 is 16.1. The molecule has 0 saturated heterocycles. The third kappa shape index (κ3) is 8.33. The highest BCUT2D eigenvalue weighted by atomic mass is 127. The molecule has 0 aromatic heterocycles. The molecule has 0 aliphatic rings. The summed E-state index contributed by atoms with van der Waals surface area (Å²) in [5.41, 5.74) is 1.28. The smallest absolute Gasteiger partial charge is 0.203 e. The normalized spacial score (nSPS) is 11.4. The Balaban J connectivity index is 0.00000625. The number of halogens is 1. The fraction of sp³-hybridized carbons (Fsp3) is 0.632. The standard InChI is InChI=1S/C19H33N3O3.HI/c1-8-20-18(21-10-9-19(2,3)4)22-13-14-11-15(23-5)17(25-7)16(12-14)24-6;/h11-12H,8-10,13H2,1-7H3,(H2,20,21,22);1H. The van der Waals surface area contributed by atoms with Gasteiger partial charge in [-0.1, -0.05) is 20.8 Å². The highest BCUT2D eigenvalue weighted by molar-refractivity contribution is 14.0. The first-order valence-corrected chi connectivity index (χ1v) is 8.65. The number of nitrogens with one attached hydrogen (secondary N) is 2. The molecule has 0 fully saturated rings. The van der Waals surface area contributed by atoms with Gasteiger partial charge in [0.25, 0.3) is 0 Å². The Labute approximate surface area is 175 Å². The molecule has 0 spiro atoms. The maximum absolute atomic E-state index is 5.39. The molecule has 0 aliphatic carbocycles. The molecule has 0 unspecified atom stereocenters. The first-order valence-electron chi connectivity index (χ1n) is 8.65. The average Bonchev–Trinajstić information content (AvgIpc) is 2.57. The van der Waals surface area contributed by atoms with Crippen molar-refractivity contribution in [2.45, 2.75) is 40.7 Å². The average molecular weight is 479 g/mol. The number of hydrogen-bond acceptors (Lipinski definition) is 4. The summed E-state index contributed by atoms with van der Waals surface area (Å²) in [6.07, 6.45) is 1.07. The maximum atomic E-state index is 5.39. The molecular formula is C19H34IN3O3. The lowest BCUT2D eigenvalue weighted by Gasteiger charge is -2.19. The van der Waals surface area contributed by atoms with E-state index < -0.39 is 0 Å². The minimum atomic E-state index is 0. The third-order valence-electron chi connectivity index (χ3n) is 3.66. The van der Waals surface area contributed by atoms with Gasteiger partial charge < -0.3 is 24.8 Å². The molecule has 0 amide bonds. The largest absolute Gasteiger partial charge is 0.493 e. The first-order chi connectivity index (χ1) is 11.8. The molecule has 6 nitrogen and oxygen atoms in total. The van der Waals surface area contributed by atoms with Crippen LogP contribution in [0.3, 0.4) is 0 Å². The molecule has 0 aliphatic heterocycles. The number of hydrogen-bond donors (Lipinski definition) is 2. The van der Waals surface area contributed by atoms with E-state index in [1.54, 1.807) is 21.3 Å². The Kier molecular flexibility index (Phi) is 11.4. The molecule has 1 aromatic rings. The van der Waals surface area contributed by atoms with E-state index in [2.05, 4.69) is 43.3 Å². The number of guanidine groups is 1. The van der Waals surface area contributed by atoms with Crippen LogP contribution in [0.15, 0.2) is 17.1 Å². The molecule has 26 heavy (non-hydrogen) atoms. The van der Waals surface area contributed by atoms with Crippen LogP contribution in [-0.4, -0.2) is 40.4 Å². The van der Waals surface area contributed by atoms with Crippen molar-refractivity contribution in [3.8, 4) is 17.2 Å². The number of nitrogens with zero attached hydrogens (tertiary/aromatic N) is 1. The predicted octanol–water partition coefficient (Wildman–Crippen LogP) is 3.82. The van der Waals surface area contributed by atoms with Crippen LogP contribution in [0.2, 0.25) is 0 Å². The van der Waals surface area contributed by atoms with E-state index in [0.717, 1.165) is 31.0 Å². The van der Waals surface area contributed by atoms with Crippen molar-refractivity contribution < 1.29 is 14.2 Å². The van der Waals surface area contributed by atoms with Crippen LogP contribution in [0, 0.1) is 5.41 Å². The zero-order valence-corrected chi connectivity index (χ0v) is 19.4. The van der Waals surface area contributed by atoms with Crippen molar-refractivity contribution in [2.24, 2.45) is 10.4 Å². The molecule has 7 heteroatoms. The fourth-order valence-electron chi connectivity index (χ4n) is 2.29. The first kappa shape index (κ1) is 24.6. The molecule has 0 bridgehead atoms. The van der Waals surface area contributed by atoms with E-state index in [0.29, 0.717) is 29.2 Å². The van der Waals surface area contributed by atoms with Crippen molar-refractivity contribution in [1.82, 2.24) is 10.6 Å². The quantitative estimate of drug-likeness (QED) is 0.337. The van der Waals surface area contributed by atoms with E-state index in [9.17, 15) is 0 Å². The molecule has 1 aromatic carbocycles. The van der Waals surface area contributed by atoms with Gasteiger partial charge in [-0.3, -0.25) is 0 Å². The van der Waals surface area contributed by atoms with E-state index in [4.69, 9.17) is 14.2 Å². The van der Waals surface area contributed by atoms with E-state index in [-0.39, 0.29) is 24.0 Å². The van der Waals surface area contributed by atoms with Gasteiger partial charge in [0.05, 0.1) is 27.9 Å². The molecule has 0 heterocycles. The van der Waals surface area contributed by atoms with Crippen molar-refractivity contribution in [2.75, 3.05) is 34.4 Å². The number of rotatable bonds is 8. The van der Waals surface area contributed by atoms with Crippen molar-refractivity contribution >= 4 is 29.9 Å². The van der Waals surface area contributed by atoms with Crippen LogP contribution in [-0.2, 0) is 6.54 Å². The Morgan fingerprint density at radius 2 is 1.58 bits per heavy atom. The van der Waals surface area contributed by atoms with Crippen LogP contribution in [0.25, 0.3) is 0 Å². The lowest BCUT2D eigenvalue weighted by molar-refractivity contribution is 0.324. The van der Waals surface area contributed by atoms with Gasteiger partial charge >= 0.3 is 0 Å². The van der Waals surface area contributed by atoms with Gasteiger partial charge in [0.15, 0.2) is 17.5 Å². The van der Waals surface area contributed by atoms with Crippen LogP contribution in [0.1, 0.15) is 39.7 Å². The minimum Gasteiger partial charge on any atom is -0.493 e. The number of aliphatic imine (C=N–C) groups is 1. The third-order valence-corrected chi connectivity index (χ3v) is 3.66. The molecule has 1 rings (SSSR count). The van der Waals surface area contributed by atoms with Gasteiger partial charge in [0.1, 0.15) is 0 Å². The number of methoxy groups -OCH3 is 3. The molecular weight excluding hydrogens is 445 g/mol. The van der Waals surface area contributed by atoms with Gasteiger partial charge in [-0.25, -0.2) is 4.99 Å². The van der Waals surface area contributed by atoms with E-state index in [1.165, 1.54) is 0 Å². The van der Waals surface area contributed by atoms with E-state index in [1.807, 2.05) is 12.1 Å². The lowest BCUT2D eigenvalue weighted by atomic mass is 9.92. The summed E-state index contributed by atoms with van der Waals surface area (Å²) in [5, 5.41) is 6.65. The summed E-state index contributed by atoms with van der Waals surface area (Å²) in [6.45, 7) is 11.0. The van der Waals surface area contributed by atoms with E-state index >= 15 is 0 Å². The van der Waals surface area contributed by atoms with Crippen molar-refractivity contribution in [3.05, 3.63) is 17.7 Å². The second-order valence-corrected chi connectivity index (χ2v) is 6.97. The fourth-order valence-corrected chi connectivity index (χ4v) is 2.29. The zero-order valence-electron chi connectivity index (χ0n) is 17.1. The van der Waals surface area contributed by atoms with Crippen LogP contribution in [0.5, 0.6) is 17.2 Å². The SMILES string of the molecule is CCNC(=NCc1cc(OC)c(OC)c(OC)c1)NCCC(C)(C)C.I. The summed E-state index contributed by atoms with van der Waals surface area (Å²) in [5.74, 6) is 2.67. The number of ether oxygens (including phenoxy) is 3. The maximum Gasteiger partial charge on any atom is 0.203 e. The highest BCUT2D eigenvalue weighted by Gasteiger charge is 2.13. The van der Waals surface area contributed by atoms with Gasteiger partial charge in [-0.2, -0.15) is 0 Å². The second kappa shape index (κ2) is 12.1. The lowest BCUT2D eigenvalue weighted by Crippen LogP contribution is -2.38. The molecule has 0 radical (unpaired) electrons. The topological polar surface area (TPSA) is 64.1 Å². The molecule has 0 atom stereocenters. The summed E-state index contributed by atoms with van der Waals surface area (Å²) >= 11 is 0. The Hall–Kier alpha value is -1.38. The summed E-state index contributed by atoms with van der Waals surface area (Å²) in [4.78, 5) is 4.65. The Morgan fingerprint density at radius 3 is 2.00 bits per heavy atom. The van der Waals surface area contributed by atoms with Crippen molar-refractivity contribution in [3.63, 3.8) is 0 Å².